The molecule has 3 N–H and O–H groups in total. The van der Waals surface area contributed by atoms with Gasteiger partial charge in [-0.25, -0.2) is 4.79 Å². The minimum absolute atomic E-state index is 0.150. The molecule has 0 spiro atoms. The van der Waals surface area contributed by atoms with Gasteiger partial charge in [-0.05, 0) is 36.8 Å². The molecule has 2 amide bonds. The number of urea groups is 1. The Labute approximate surface area is 146 Å². The number of nitrogens with one attached hydrogen (secondary N) is 3. The molecule has 6 heteroatoms. The fourth-order valence-corrected chi connectivity index (χ4v) is 2.81. The first kappa shape index (κ1) is 16.7. The van der Waals surface area contributed by atoms with Gasteiger partial charge < -0.3 is 20.9 Å². The number of fused-ring (bicyclic) bond motifs is 1. The van der Waals surface area contributed by atoms with Crippen molar-refractivity contribution in [3.8, 4) is 5.75 Å². The maximum atomic E-state index is 12.7. The zero-order valence-electron chi connectivity index (χ0n) is 13.9. The van der Waals surface area contributed by atoms with Crippen LogP contribution in [0.25, 0.3) is 0 Å². The van der Waals surface area contributed by atoms with Crippen molar-refractivity contribution in [3.63, 3.8) is 0 Å². The summed E-state index contributed by atoms with van der Waals surface area (Å²) >= 11 is 0. The number of carbonyl (C=O) groups excluding carboxylic acids is 1. The second-order valence-corrected chi connectivity index (χ2v) is 5.92. The molecule has 1 aliphatic rings. The fourth-order valence-electron chi connectivity index (χ4n) is 2.81. The Morgan fingerprint density at radius 3 is 2.64 bits per heavy atom. The third-order valence-electron chi connectivity index (χ3n) is 4.06. The molecule has 1 atom stereocenters. The summed E-state index contributed by atoms with van der Waals surface area (Å²) in [5.74, 6) is 0.200. The van der Waals surface area contributed by atoms with Crippen LogP contribution in [0.2, 0.25) is 0 Å². The van der Waals surface area contributed by atoms with E-state index in [1.807, 2.05) is 43.3 Å². The number of nitrogens with zero attached hydrogens (tertiary/aromatic N) is 1. The Morgan fingerprint density at radius 1 is 1.24 bits per heavy atom. The van der Waals surface area contributed by atoms with Gasteiger partial charge in [0.15, 0.2) is 0 Å². The Balaban J connectivity index is 1.89. The van der Waals surface area contributed by atoms with Crippen molar-refractivity contribution in [2.45, 2.75) is 18.9 Å². The van der Waals surface area contributed by atoms with Crippen molar-refractivity contribution in [3.05, 3.63) is 54.1 Å². The lowest BCUT2D eigenvalue weighted by atomic mass is 10.00. The Bertz CT molecular complexity index is 783. The van der Waals surface area contributed by atoms with E-state index in [9.17, 15) is 4.79 Å². The smallest absolute Gasteiger partial charge is 0.326 e. The predicted molar refractivity (Wildman–Crippen MR) is 99.6 cm³/mol. The lowest BCUT2D eigenvalue weighted by Crippen LogP contribution is -2.44. The third-order valence-corrected chi connectivity index (χ3v) is 4.06. The zero-order chi connectivity index (χ0) is 17.8. The summed E-state index contributed by atoms with van der Waals surface area (Å²) in [6.07, 6.45) is 2.27. The van der Waals surface area contributed by atoms with E-state index in [0.29, 0.717) is 18.0 Å². The molecular weight excluding hydrogens is 316 g/mol. The van der Waals surface area contributed by atoms with E-state index in [2.05, 4.69) is 5.32 Å². The number of amides is 2. The van der Waals surface area contributed by atoms with Crippen LogP contribution in [0.4, 0.5) is 16.2 Å². The highest BCUT2D eigenvalue weighted by molar-refractivity contribution is 6.03. The maximum Gasteiger partial charge on any atom is 0.326 e. The molecule has 1 aliphatic heterocycles. The van der Waals surface area contributed by atoms with Gasteiger partial charge in [0.2, 0.25) is 0 Å². The zero-order valence-corrected chi connectivity index (χ0v) is 13.9. The van der Waals surface area contributed by atoms with Gasteiger partial charge in [0.25, 0.3) is 0 Å². The van der Waals surface area contributed by atoms with Crippen LogP contribution in [0, 0.1) is 10.8 Å². The predicted octanol–water partition coefficient (Wildman–Crippen LogP) is 3.89. The second kappa shape index (κ2) is 7.17. The number of anilines is 2. The number of rotatable bonds is 4. The normalized spacial score (nSPS) is 17.0. The lowest BCUT2D eigenvalue weighted by Gasteiger charge is -2.34. The summed E-state index contributed by atoms with van der Waals surface area (Å²) in [6, 6.07) is 14.5. The van der Waals surface area contributed by atoms with E-state index in [1.54, 1.807) is 17.0 Å². The van der Waals surface area contributed by atoms with E-state index in [-0.39, 0.29) is 12.1 Å². The van der Waals surface area contributed by atoms with Gasteiger partial charge in [0, 0.05) is 18.1 Å². The van der Waals surface area contributed by atoms with Crippen molar-refractivity contribution in [2.75, 3.05) is 16.8 Å². The highest BCUT2D eigenvalue weighted by Crippen LogP contribution is 2.36. The molecule has 0 aliphatic carbocycles. The third kappa shape index (κ3) is 3.52. The van der Waals surface area contributed by atoms with Gasteiger partial charge >= 0.3 is 6.03 Å². The van der Waals surface area contributed by atoms with Crippen molar-refractivity contribution >= 4 is 29.8 Å². The molecule has 0 saturated carbocycles. The summed E-state index contributed by atoms with van der Waals surface area (Å²) in [5, 5.41) is 17.7. The molecule has 128 valence electrons. The molecule has 0 radical (unpaired) electrons. The largest absolute Gasteiger partial charge is 0.487 e. The van der Waals surface area contributed by atoms with Crippen LogP contribution in [-0.2, 0) is 0 Å². The SMILES string of the molecule is CC1CN(C(=O)Nc2ccccc2)c2ccc(C(C=N)C=N)cc2O1. The fraction of sp³-hybridized carbons (Fsp3) is 0.211. The molecule has 2 aromatic carbocycles. The minimum atomic E-state index is -0.391. The van der Waals surface area contributed by atoms with Crippen LogP contribution in [-0.4, -0.2) is 31.1 Å². The quantitative estimate of drug-likeness (QED) is 0.739. The Hall–Kier alpha value is -3.15. The van der Waals surface area contributed by atoms with Crippen LogP contribution in [0.1, 0.15) is 18.4 Å². The molecule has 1 heterocycles. The topological polar surface area (TPSA) is 89.3 Å². The van der Waals surface area contributed by atoms with Crippen LogP contribution in [0.15, 0.2) is 48.5 Å². The van der Waals surface area contributed by atoms with Crippen molar-refractivity contribution in [2.24, 2.45) is 0 Å². The molecular formula is C19H20N4O2. The van der Waals surface area contributed by atoms with Crippen LogP contribution in [0.3, 0.4) is 0 Å². The van der Waals surface area contributed by atoms with Gasteiger partial charge in [-0.1, -0.05) is 24.3 Å². The lowest BCUT2D eigenvalue weighted by molar-refractivity contribution is 0.208. The number of hydrogen-bond donors (Lipinski definition) is 3. The summed E-state index contributed by atoms with van der Waals surface area (Å²) in [4.78, 5) is 14.4. The molecule has 0 bridgehead atoms. The van der Waals surface area contributed by atoms with Crippen LogP contribution >= 0.6 is 0 Å². The molecule has 1 unspecified atom stereocenters. The summed E-state index contributed by atoms with van der Waals surface area (Å²) < 4.78 is 5.87. The van der Waals surface area contributed by atoms with Gasteiger partial charge in [0.1, 0.15) is 11.9 Å². The first-order chi connectivity index (χ1) is 12.1. The summed E-state index contributed by atoms with van der Waals surface area (Å²) in [7, 11) is 0. The average Bonchev–Trinajstić information content (AvgIpc) is 2.62. The standard InChI is InChI=1S/C19H20N4O2/c1-13-12-23(19(24)22-16-5-3-2-4-6-16)17-8-7-14(9-18(17)25-13)15(10-20)11-21/h2-11,13,15,20-21H,12H2,1H3,(H,22,24). The average molecular weight is 336 g/mol. The highest BCUT2D eigenvalue weighted by Gasteiger charge is 2.28. The number of benzene rings is 2. The van der Waals surface area contributed by atoms with E-state index >= 15 is 0 Å². The first-order valence-corrected chi connectivity index (χ1v) is 8.07. The van der Waals surface area contributed by atoms with Gasteiger partial charge in [-0.3, -0.25) is 4.90 Å². The van der Waals surface area contributed by atoms with Gasteiger partial charge in [0.05, 0.1) is 18.2 Å². The number of ether oxygens (including phenoxy) is 1. The summed E-state index contributed by atoms with van der Waals surface area (Å²) in [5.41, 5.74) is 2.21. The number of hydrogen-bond acceptors (Lipinski definition) is 4. The van der Waals surface area contributed by atoms with Crippen LogP contribution in [0.5, 0.6) is 5.75 Å². The van der Waals surface area contributed by atoms with Crippen LogP contribution < -0.4 is 15.0 Å². The van der Waals surface area contributed by atoms with E-state index < -0.39 is 5.92 Å². The van der Waals surface area contributed by atoms with E-state index in [4.69, 9.17) is 15.6 Å². The van der Waals surface area contributed by atoms with Gasteiger partial charge in [-0.15, -0.1) is 0 Å². The first-order valence-electron chi connectivity index (χ1n) is 8.07. The molecule has 0 saturated heterocycles. The van der Waals surface area contributed by atoms with Crippen molar-refractivity contribution in [1.29, 1.82) is 10.8 Å². The van der Waals surface area contributed by atoms with Crippen molar-refractivity contribution < 1.29 is 9.53 Å². The summed E-state index contributed by atoms with van der Waals surface area (Å²) in [6.45, 7) is 2.35. The van der Waals surface area contributed by atoms with E-state index in [1.165, 1.54) is 12.4 Å². The molecule has 3 rings (SSSR count). The Kier molecular flexibility index (Phi) is 4.79. The molecule has 25 heavy (non-hydrogen) atoms. The molecule has 0 aromatic heterocycles. The number of para-hydroxylation sites is 1. The molecule has 6 nitrogen and oxygen atoms in total. The molecule has 0 fully saturated rings. The molecule has 2 aromatic rings. The van der Waals surface area contributed by atoms with Crippen molar-refractivity contribution in [1.82, 2.24) is 0 Å². The van der Waals surface area contributed by atoms with Gasteiger partial charge in [-0.2, -0.15) is 0 Å². The Morgan fingerprint density at radius 2 is 1.96 bits per heavy atom. The second-order valence-electron chi connectivity index (χ2n) is 5.92. The van der Waals surface area contributed by atoms with E-state index in [0.717, 1.165) is 11.3 Å². The highest BCUT2D eigenvalue weighted by atomic mass is 16.5. The monoisotopic (exact) mass is 336 g/mol. The minimum Gasteiger partial charge on any atom is -0.487 e. The maximum absolute atomic E-state index is 12.7. The number of carbonyl (C=O) groups is 1.